The lowest BCUT2D eigenvalue weighted by Crippen LogP contribution is -2.21. The van der Waals surface area contributed by atoms with E-state index < -0.39 is 0 Å². The standard InChI is InChI=1S/C14H19N3S/c1-10-4-6-12(7-5-10)11(2)17(3)9-13-8-16-14(15)18-13/h4-8,11H,9H2,1-3H3,(H2,15,16). The number of anilines is 1. The summed E-state index contributed by atoms with van der Waals surface area (Å²) >= 11 is 1.56. The molecule has 0 spiro atoms. The molecule has 0 aliphatic rings. The fourth-order valence-corrected chi connectivity index (χ4v) is 2.63. The van der Waals surface area contributed by atoms with Crippen LogP contribution in [0.4, 0.5) is 5.13 Å². The van der Waals surface area contributed by atoms with Crippen molar-refractivity contribution in [3.8, 4) is 0 Å². The van der Waals surface area contributed by atoms with Crippen LogP contribution in [0, 0.1) is 6.92 Å². The SMILES string of the molecule is Cc1ccc(C(C)N(C)Cc2cnc(N)s2)cc1. The quantitative estimate of drug-likeness (QED) is 0.918. The Bertz CT molecular complexity index is 504. The molecule has 2 N–H and O–H groups in total. The van der Waals surface area contributed by atoms with Crippen LogP contribution in [-0.2, 0) is 6.54 Å². The van der Waals surface area contributed by atoms with Crippen LogP contribution in [0.2, 0.25) is 0 Å². The predicted molar refractivity (Wildman–Crippen MR) is 77.6 cm³/mol. The molecular weight excluding hydrogens is 242 g/mol. The van der Waals surface area contributed by atoms with E-state index in [2.05, 4.69) is 55.0 Å². The highest BCUT2D eigenvalue weighted by Crippen LogP contribution is 2.23. The molecule has 2 rings (SSSR count). The number of benzene rings is 1. The molecule has 0 aliphatic carbocycles. The maximum Gasteiger partial charge on any atom is 0.180 e. The number of hydrogen-bond acceptors (Lipinski definition) is 4. The number of nitrogens with two attached hydrogens (primary N) is 1. The van der Waals surface area contributed by atoms with Gasteiger partial charge in [-0.1, -0.05) is 29.8 Å². The summed E-state index contributed by atoms with van der Waals surface area (Å²) in [7, 11) is 2.13. The number of nitrogens with zero attached hydrogens (tertiary/aromatic N) is 2. The van der Waals surface area contributed by atoms with Crippen LogP contribution in [-0.4, -0.2) is 16.9 Å². The number of rotatable bonds is 4. The molecule has 0 radical (unpaired) electrons. The van der Waals surface area contributed by atoms with Crippen LogP contribution in [0.5, 0.6) is 0 Å². The molecule has 1 aromatic heterocycles. The Balaban J connectivity index is 2.04. The number of thiazole rings is 1. The minimum Gasteiger partial charge on any atom is -0.375 e. The second kappa shape index (κ2) is 5.50. The highest BCUT2D eigenvalue weighted by molar-refractivity contribution is 7.15. The maximum absolute atomic E-state index is 5.65. The van der Waals surface area contributed by atoms with Gasteiger partial charge in [0.2, 0.25) is 0 Å². The molecule has 1 atom stereocenters. The zero-order valence-corrected chi connectivity index (χ0v) is 11.9. The minimum atomic E-state index is 0.383. The zero-order valence-electron chi connectivity index (χ0n) is 11.1. The lowest BCUT2D eigenvalue weighted by atomic mass is 10.1. The summed E-state index contributed by atoms with van der Waals surface area (Å²) < 4.78 is 0. The smallest absolute Gasteiger partial charge is 0.180 e. The van der Waals surface area contributed by atoms with Gasteiger partial charge in [0.05, 0.1) is 0 Å². The van der Waals surface area contributed by atoms with E-state index in [9.17, 15) is 0 Å². The largest absolute Gasteiger partial charge is 0.375 e. The first kappa shape index (κ1) is 13.1. The van der Waals surface area contributed by atoms with Gasteiger partial charge in [-0.15, -0.1) is 11.3 Å². The first-order chi connectivity index (χ1) is 8.56. The van der Waals surface area contributed by atoms with Crippen LogP contribution in [0.3, 0.4) is 0 Å². The summed E-state index contributed by atoms with van der Waals surface area (Å²) in [6, 6.07) is 9.08. The molecule has 1 aromatic carbocycles. The Morgan fingerprint density at radius 2 is 2.00 bits per heavy atom. The molecule has 96 valence electrons. The van der Waals surface area contributed by atoms with E-state index in [1.807, 2.05) is 6.20 Å². The molecule has 0 fully saturated rings. The number of hydrogen-bond donors (Lipinski definition) is 1. The van der Waals surface area contributed by atoms with Crippen molar-refractivity contribution < 1.29 is 0 Å². The second-order valence-electron chi connectivity index (χ2n) is 4.67. The Morgan fingerprint density at radius 1 is 1.33 bits per heavy atom. The van der Waals surface area contributed by atoms with Gasteiger partial charge in [-0.2, -0.15) is 0 Å². The van der Waals surface area contributed by atoms with Gasteiger partial charge in [0.15, 0.2) is 5.13 Å². The molecule has 18 heavy (non-hydrogen) atoms. The molecule has 2 aromatic rings. The summed E-state index contributed by atoms with van der Waals surface area (Å²) in [6.07, 6.45) is 1.86. The molecule has 0 bridgehead atoms. The lowest BCUT2D eigenvalue weighted by molar-refractivity contribution is 0.255. The molecular formula is C14H19N3S. The van der Waals surface area contributed by atoms with Crippen molar-refractivity contribution >= 4 is 16.5 Å². The summed E-state index contributed by atoms with van der Waals surface area (Å²) in [6.45, 7) is 5.21. The van der Waals surface area contributed by atoms with E-state index in [-0.39, 0.29) is 0 Å². The fraction of sp³-hybridized carbons (Fsp3) is 0.357. The number of aromatic nitrogens is 1. The average molecular weight is 261 g/mol. The third-order valence-corrected chi connectivity index (χ3v) is 4.01. The van der Waals surface area contributed by atoms with Crippen molar-refractivity contribution in [2.45, 2.75) is 26.4 Å². The second-order valence-corrected chi connectivity index (χ2v) is 5.81. The summed E-state index contributed by atoms with van der Waals surface area (Å²) in [5.41, 5.74) is 8.28. The van der Waals surface area contributed by atoms with Crippen LogP contribution in [0.1, 0.15) is 29.0 Å². The Labute approximate surface area is 112 Å². The Kier molecular flexibility index (Phi) is 3.99. The van der Waals surface area contributed by atoms with Gasteiger partial charge in [0.25, 0.3) is 0 Å². The van der Waals surface area contributed by atoms with Crippen molar-refractivity contribution in [1.29, 1.82) is 0 Å². The fourth-order valence-electron chi connectivity index (χ4n) is 1.88. The molecule has 4 heteroatoms. The van der Waals surface area contributed by atoms with Crippen LogP contribution < -0.4 is 5.73 Å². The van der Waals surface area contributed by atoms with Crippen molar-refractivity contribution in [3.05, 3.63) is 46.5 Å². The Hall–Kier alpha value is -1.39. The van der Waals surface area contributed by atoms with Gasteiger partial charge in [0, 0.05) is 23.7 Å². The van der Waals surface area contributed by atoms with E-state index in [0.717, 1.165) is 6.54 Å². The summed E-state index contributed by atoms with van der Waals surface area (Å²) in [5.74, 6) is 0. The first-order valence-electron chi connectivity index (χ1n) is 6.03. The zero-order chi connectivity index (χ0) is 13.1. The van der Waals surface area contributed by atoms with Crippen molar-refractivity contribution in [3.63, 3.8) is 0 Å². The predicted octanol–water partition coefficient (Wildman–Crippen LogP) is 3.23. The normalized spacial score (nSPS) is 12.9. The van der Waals surface area contributed by atoms with E-state index in [1.165, 1.54) is 16.0 Å². The summed E-state index contributed by atoms with van der Waals surface area (Å²) in [5, 5.41) is 0.640. The van der Waals surface area contributed by atoms with E-state index in [0.29, 0.717) is 11.2 Å². The van der Waals surface area contributed by atoms with Gasteiger partial charge in [-0.25, -0.2) is 4.98 Å². The van der Waals surface area contributed by atoms with Crippen LogP contribution in [0.25, 0.3) is 0 Å². The number of aryl methyl sites for hydroxylation is 1. The topological polar surface area (TPSA) is 42.2 Å². The van der Waals surface area contributed by atoms with Crippen LogP contribution >= 0.6 is 11.3 Å². The molecule has 0 aliphatic heterocycles. The highest BCUT2D eigenvalue weighted by atomic mass is 32.1. The molecule has 0 amide bonds. The molecule has 1 unspecified atom stereocenters. The molecule has 0 saturated heterocycles. The van der Waals surface area contributed by atoms with Crippen molar-refractivity contribution in [2.75, 3.05) is 12.8 Å². The van der Waals surface area contributed by atoms with Gasteiger partial charge in [0.1, 0.15) is 0 Å². The first-order valence-corrected chi connectivity index (χ1v) is 6.85. The summed E-state index contributed by atoms with van der Waals surface area (Å²) in [4.78, 5) is 7.59. The van der Waals surface area contributed by atoms with E-state index in [4.69, 9.17) is 5.73 Å². The van der Waals surface area contributed by atoms with Gasteiger partial charge >= 0.3 is 0 Å². The highest BCUT2D eigenvalue weighted by Gasteiger charge is 2.12. The van der Waals surface area contributed by atoms with E-state index in [1.54, 1.807) is 11.3 Å². The molecule has 1 heterocycles. The minimum absolute atomic E-state index is 0.383. The monoisotopic (exact) mass is 261 g/mol. The van der Waals surface area contributed by atoms with Crippen LogP contribution in [0.15, 0.2) is 30.5 Å². The van der Waals surface area contributed by atoms with Gasteiger partial charge in [-0.3, -0.25) is 4.90 Å². The van der Waals surface area contributed by atoms with Gasteiger partial charge < -0.3 is 5.73 Å². The molecule has 3 nitrogen and oxygen atoms in total. The Morgan fingerprint density at radius 3 is 2.56 bits per heavy atom. The van der Waals surface area contributed by atoms with Gasteiger partial charge in [-0.05, 0) is 26.5 Å². The number of nitrogen functional groups attached to an aromatic ring is 1. The van der Waals surface area contributed by atoms with E-state index >= 15 is 0 Å². The maximum atomic E-state index is 5.65. The van der Waals surface area contributed by atoms with Crippen molar-refractivity contribution in [2.24, 2.45) is 0 Å². The third-order valence-electron chi connectivity index (χ3n) is 3.20. The third kappa shape index (κ3) is 3.09. The lowest BCUT2D eigenvalue weighted by Gasteiger charge is -2.24. The average Bonchev–Trinajstić information content (AvgIpc) is 2.75. The van der Waals surface area contributed by atoms with Crippen molar-refractivity contribution in [1.82, 2.24) is 9.88 Å². The molecule has 0 saturated carbocycles.